The molecule has 20 heavy (non-hydrogen) atoms. The summed E-state index contributed by atoms with van der Waals surface area (Å²) in [7, 11) is 0. The maximum Gasteiger partial charge on any atom is 0.333 e. The maximum absolute atomic E-state index is 11.4. The van der Waals surface area contributed by atoms with E-state index in [1.807, 2.05) is 13.0 Å². The molecule has 6 heteroatoms. The molecule has 0 aliphatic rings. The molecular formula is C14H21N3O3. The van der Waals surface area contributed by atoms with Gasteiger partial charge in [-0.2, -0.15) is 0 Å². The van der Waals surface area contributed by atoms with E-state index in [4.69, 9.17) is 4.74 Å². The molecule has 110 valence electrons. The van der Waals surface area contributed by atoms with Crippen molar-refractivity contribution in [1.82, 2.24) is 10.6 Å². The third kappa shape index (κ3) is 8.68. The van der Waals surface area contributed by atoms with Crippen molar-refractivity contribution in [3.05, 3.63) is 36.1 Å². The Morgan fingerprint density at radius 1 is 1.35 bits per heavy atom. The minimum absolute atomic E-state index is 0.107. The Morgan fingerprint density at radius 2 is 2.05 bits per heavy atom. The highest BCUT2D eigenvalue weighted by Gasteiger charge is 2.03. The summed E-state index contributed by atoms with van der Waals surface area (Å²) in [5.74, 6) is -0.467. The van der Waals surface area contributed by atoms with Crippen LogP contribution >= 0.6 is 0 Å². The van der Waals surface area contributed by atoms with Crippen molar-refractivity contribution in [1.29, 1.82) is 0 Å². The summed E-state index contributed by atoms with van der Waals surface area (Å²) in [6.45, 7) is 10.9. The van der Waals surface area contributed by atoms with E-state index in [0.717, 1.165) is 5.57 Å². The molecule has 2 N–H and O–H groups in total. The zero-order valence-corrected chi connectivity index (χ0v) is 11.9. The number of urea groups is 1. The molecule has 0 aromatic carbocycles. The Kier molecular flexibility index (Phi) is 9.29. The van der Waals surface area contributed by atoms with Gasteiger partial charge in [0, 0.05) is 18.3 Å². The molecule has 0 saturated carbocycles. The summed E-state index contributed by atoms with van der Waals surface area (Å²) in [5, 5.41) is 5.23. The third-order valence-corrected chi connectivity index (χ3v) is 2.19. The average Bonchev–Trinajstić information content (AvgIpc) is 2.43. The molecule has 0 saturated heterocycles. The van der Waals surface area contributed by atoms with Crippen molar-refractivity contribution >= 4 is 18.7 Å². The number of rotatable bonds is 8. The van der Waals surface area contributed by atoms with E-state index in [9.17, 15) is 9.59 Å². The zero-order chi connectivity index (χ0) is 15.4. The van der Waals surface area contributed by atoms with E-state index in [0.29, 0.717) is 12.1 Å². The van der Waals surface area contributed by atoms with Gasteiger partial charge in [0.15, 0.2) is 0 Å². The van der Waals surface area contributed by atoms with Crippen LogP contribution < -0.4 is 10.6 Å². The topological polar surface area (TPSA) is 79.8 Å². The first-order valence-corrected chi connectivity index (χ1v) is 6.13. The van der Waals surface area contributed by atoms with Crippen molar-refractivity contribution in [3.8, 4) is 0 Å². The maximum atomic E-state index is 11.4. The average molecular weight is 279 g/mol. The molecule has 6 nitrogen and oxygen atoms in total. The summed E-state index contributed by atoms with van der Waals surface area (Å²) in [6.07, 6.45) is 5.16. The van der Waals surface area contributed by atoms with Crippen LogP contribution in [-0.2, 0) is 9.53 Å². The highest BCUT2D eigenvalue weighted by atomic mass is 16.5. The Labute approximate surface area is 119 Å². The van der Waals surface area contributed by atoms with Gasteiger partial charge in [-0.1, -0.05) is 12.7 Å². The van der Waals surface area contributed by atoms with Gasteiger partial charge in [-0.15, -0.1) is 0 Å². The van der Waals surface area contributed by atoms with E-state index in [2.05, 4.69) is 28.9 Å². The standard InChI is InChI=1S/C14H21N3O3/c1-5-12(6-7-15-4)10-17-14(19)16-8-9-20-13(18)11(2)3/h5-7H,2,4,8-10H2,1,3H3,(H2,16,17,19)/b7-6-,12-5+. The monoisotopic (exact) mass is 279 g/mol. The predicted octanol–water partition coefficient (Wildman–Crippen LogP) is 1.57. The third-order valence-electron chi connectivity index (χ3n) is 2.19. The van der Waals surface area contributed by atoms with Gasteiger partial charge in [0.05, 0.1) is 6.54 Å². The number of aliphatic imine (C=N–C) groups is 1. The Balaban J connectivity index is 3.84. The van der Waals surface area contributed by atoms with E-state index >= 15 is 0 Å². The number of hydrogen-bond acceptors (Lipinski definition) is 4. The fourth-order valence-electron chi connectivity index (χ4n) is 1.08. The normalized spacial score (nSPS) is 11.0. The van der Waals surface area contributed by atoms with E-state index in [1.165, 1.54) is 0 Å². The molecule has 0 unspecified atom stereocenters. The molecule has 2 amide bonds. The molecule has 0 aliphatic carbocycles. The summed E-state index contributed by atoms with van der Waals surface area (Å²) in [5.41, 5.74) is 1.23. The number of ether oxygens (including phenoxy) is 1. The van der Waals surface area contributed by atoms with Crippen LogP contribution in [0, 0.1) is 0 Å². The van der Waals surface area contributed by atoms with Crippen LogP contribution in [0.2, 0.25) is 0 Å². The van der Waals surface area contributed by atoms with Crippen LogP contribution in [0.15, 0.2) is 41.1 Å². The van der Waals surface area contributed by atoms with Gasteiger partial charge in [0.2, 0.25) is 0 Å². The van der Waals surface area contributed by atoms with Gasteiger partial charge in [-0.25, -0.2) is 9.59 Å². The highest BCUT2D eigenvalue weighted by molar-refractivity contribution is 5.86. The fourth-order valence-corrected chi connectivity index (χ4v) is 1.08. The van der Waals surface area contributed by atoms with Gasteiger partial charge >= 0.3 is 12.0 Å². The second kappa shape index (κ2) is 10.5. The van der Waals surface area contributed by atoms with Crippen molar-refractivity contribution in [2.45, 2.75) is 13.8 Å². The van der Waals surface area contributed by atoms with Crippen LogP contribution in [0.3, 0.4) is 0 Å². The zero-order valence-electron chi connectivity index (χ0n) is 11.9. The van der Waals surface area contributed by atoms with Crippen molar-refractivity contribution in [2.75, 3.05) is 19.7 Å². The van der Waals surface area contributed by atoms with Crippen molar-refractivity contribution in [3.63, 3.8) is 0 Å². The molecule has 0 radical (unpaired) electrons. The van der Waals surface area contributed by atoms with Gasteiger partial charge < -0.3 is 15.4 Å². The van der Waals surface area contributed by atoms with Gasteiger partial charge in [-0.3, -0.25) is 4.99 Å². The Bertz CT molecular complexity index is 425. The molecule has 0 fully saturated rings. The number of hydrogen-bond donors (Lipinski definition) is 2. The van der Waals surface area contributed by atoms with Crippen LogP contribution in [0.1, 0.15) is 13.8 Å². The smallest absolute Gasteiger partial charge is 0.333 e. The molecule has 0 spiro atoms. The van der Waals surface area contributed by atoms with Gasteiger partial charge in [-0.05, 0) is 32.2 Å². The summed E-state index contributed by atoms with van der Waals surface area (Å²) in [4.78, 5) is 26.1. The Hall–Kier alpha value is -2.37. The lowest BCUT2D eigenvalue weighted by atomic mass is 10.2. The quantitative estimate of drug-likeness (QED) is 0.233. The fraction of sp³-hybridized carbons (Fsp3) is 0.357. The molecule has 0 aromatic heterocycles. The molecule has 0 heterocycles. The van der Waals surface area contributed by atoms with E-state index in [1.54, 1.807) is 19.2 Å². The predicted molar refractivity (Wildman–Crippen MR) is 79.6 cm³/mol. The first-order chi connectivity index (χ1) is 9.51. The first kappa shape index (κ1) is 17.6. The molecule has 0 rings (SSSR count). The molecule has 0 atom stereocenters. The number of carbonyl (C=O) groups is 2. The van der Waals surface area contributed by atoms with Crippen LogP contribution in [0.4, 0.5) is 4.79 Å². The van der Waals surface area contributed by atoms with E-state index in [-0.39, 0.29) is 19.2 Å². The molecule has 0 bridgehead atoms. The van der Waals surface area contributed by atoms with Gasteiger partial charge in [0.25, 0.3) is 0 Å². The summed E-state index contributed by atoms with van der Waals surface area (Å²) >= 11 is 0. The largest absolute Gasteiger partial charge is 0.460 e. The Morgan fingerprint density at radius 3 is 2.60 bits per heavy atom. The molecule has 0 aliphatic heterocycles. The van der Waals surface area contributed by atoms with Crippen molar-refractivity contribution in [2.24, 2.45) is 4.99 Å². The number of allylic oxidation sites excluding steroid dienone is 1. The summed E-state index contributed by atoms with van der Waals surface area (Å²) < 4.78 is 4.83. The molecular weight excluding hydrogens is 258 g/mol. The second-order valence-corrected chi connectivity index (χ2v) is 3.89. The second-order valence-electron chi connectivity index (χ2n) is 3.89. The van der Waals surface area contributed by atoms with E-state index < -0.39 is 5.97 Å². The van der Waals surface area contributed by atoms with Crippen LogP contribution in [-0.4, -0.2) is 38.4 Å². The number of amides is 2. The number of nitrogens with zero attached hydrogens (tertiary/aromatic N) is 1. The van der Waals surface area contributed by atoms with Crippen LogP contribution in [0.5, 0.6) is 0 Å². The lowest BCUT2D eigenvalue weighted by Gasteiger charge is -2.08. The van der Waals surface area contributed by atoms with Crippen LogP contribution in [0.25, 0.3) is 0 Å². The summed E-state index contributed by atoms with van der Waals surface area (Å²) in [6, 6.07) is -0.337. The lowest BCUT2D eigenvalue weighted by molar-refractivity contribution is -0.138. The molecule has 0 aromatic rings. The minimum Gasteiger partial charge on any atom is -0.460 e. The number of carbonyl (C=O) groups excluding carboxylic acids is 2. The minimum atomic E-state index is -0.467. The lowest BCUT2D eigenvalue weighted by Crippen LogP contribution is -2.38. The highest BCUT2D eigenvalue weighted by Crippen LogP contribution is 1.94. The SMILES string of the molecule is C=N/C=C\C(=C/C)CNC(=O)NCCOC(=O)C(=C)C. The van der Waals surface area contributed by atoms with Gasteiger partial charge in [0.1, 0.15) is 6.61 Å². The number of nitrogens with one attached hydrogen (secondary N) is 2. The van der Waals surface area contributed by atoms with Crippen molar-refractivity contribution < 1.29 is 14.3 Å². The number of esters is 1. The first-order valence-electron chi connectivity index (χ1n) is 6.13.